The summed E-state index contributed by atoms with van der Waals surface area (Å²) >= 11 is 0. The Labute approximate surface area is 114 Å². The van der Waals surface area contributed by atoms with Crippen LogP contribution in [0.25, 0.3) is 0 Å². The highest BCUT2D eigenvalue weighted by atomic mass is 32.2. The van der Waals surface area contributed by atoms with Crippen molar-refractivity contribution < 1.29 is 8.42 Å². The van der Waals surface area contributed by atoms with Crippen molar-refractivity contribution in [3.8, 4) is 0 Å². The molecule has 0 spiro atoms. The van der Waals surface area contributed by atoms with E-state index in [0.29, 0.717) is 23.6 Å². The highest BCUT2D eigenvalue weighted by Crippen LogP contribution is 2.21. The van der Waals surface area contributed by atoms with Gasteiger partial charge in [0, 0.05) is 6.04 Å². The van der Waals surface area contributed by atoms with Crippen LogP contribution in [-0.4, -0.2) is 31.5 Å². The number of hydrogen-bond acceptors (Lipinski definition) is 3. The fraction of sp³-hybridized carbons (Fsp3) is 1.00. The highest BCUT2D eigenvalue weighted by Gasteiger charge is 2.29. The third-order valence-corrected chi connectivity index (χ3v) is 6.23. The summed E-state index contributed by atoms with van der Waals surface area (Å²) in [6.45, 7) is 14.9. The molecule has 0 heterocycles. The van der Waals surface area contributed by atoms with Crippen molar-refractivity contribution in [3.63, 3.8) is 0 Å². The Morgan fingerprint density at radius 1 is 1.00 bits per heavy atom. The zero-order chi connectivity index (χ0) is 14.6. The van der Waals surface area contributed by atoms with Gasteiger partial charge in [-0.15, -0.1) is 0 Å². The second-order valence-corrected chi connectivity index (χ2v) is 9.60. The van der Waals surface area contributed by atoms with Crippen molar-refractivity contribution in [1.29, 1.82) is 0 Å². The lowest BCUT2D eigenvalue weighted by molar-refractivity contribution is 0.347. The molecule has 0 aliphatic carbocycles. The van der Waals surface area contributed by atoms with Crippen LogP contribution in [0.2, 0.25) is 0 Å². The van der Waals surface area contributed by atoms with Gasteiger partial charge >= 0.3 is 0 Å². The van der Waals surface area contributed by atoms with Crippen molar-refractivity contribution >= 4 is 9.84 Å². The summed E-state index contributed by atoms with van der Waals surface area (Å²) in [5.74, 6) is 1.22. The highest BCUT2D eigenvalue weighted by molar-refractivity contribution is 7.92. The molecule has 0 fully saturated rings. The Morgan fingerprint density at radius 2 is 1.50 bits per heavy atom. The quantitative estimate of drug-likeness (QED) is 0.778. The van der Waals surface area contributed by atoms with E-state index in [2.05, 4.69) is 33.0 Å². The van der Waals surface area contributed by atoms with Crippen molar-refractivity contribution in [3.05, 3.63) is 0 Å². The molecule has 0 aromatic heterocycles. The molecule has 1 N–H and O–H groups in total. The number of sulfone groups is 1. The monoisotopic (exact) mass is 277 g/mol. The summed E-state index contributed by atoms with van der Waals surface area (Å²) in [5.41, 5.74) is 0. The lowest BCUT2D eigenvalue weighted by Crippen LogP contribution is -2.33. The predicted octanol–water partition coefficient (Wildman–Crippen LogP) is 2.86. The Hall–Kier alpha value is -0.0900. The first-order valence-electron chi connectivity index (χ1n) is 6.93. The van der Waals surface area contributed by atoms with Gasteiger partial charge in [0.05, 0.1) is 10.5 Å². The van der Waals surface area contributed by atoms with Gasteiger partial charge in [0.1, 0.15) is 0 Å². The zero-order valence-electron chi connectivity index (χ0n) is 13.1. The molecule has 0 aromatic rings. The van der Waals surface area contributed by atoms with Gasteiger partial charge in [-0.25, -0.2) is 8.42 Å². The molecule has 0 aliphatic rings. The Morgan fingerprint density at radius 3 is 1.89 bits per heavy atom. The number of rotatable bonds is 7. The molecular weight excluding hydrogens is 246 g/mol. The number of hydrogen-bond donors (Lipinski definition) is 1. The largest absolute Gasteiger partial charge is 0.314 e. The topological polar surface area (TPSA) is 46.2 Å². The van der Waals surface area contributed by atoms with E-state index >= 15 is 0 Å². The summed E-state index contributed by atoms with van der Waals surface area (Å²) < 4.78 is 23.4. The molecule has 0 saturated carbocycles. The third-order valence-electron chi connectivity index (χ3n) is 3.59. The van der Waals surface area contributed by atoms with E-state index in [4.69, 9.17) is 0 Å². The molecular formula is C14H31NO2S. The molecule has 0 aliphatic heterocycles. The maximum Gasteiger partial charge on any atom is 0.155 e. The summed E-state index contributed by atoms with van der Waals surface area (Å²) in [4.78, 5) is 0. The van der Waals surface area contributed by atoms with Gasteiger partial charge in [-0.05, 0) is 45.6 Å². The van der Waals surface area contributed by atoms with E-state index in [1.807, 2.05) is 0 Å². The van der Waals surface area contributed by atoms with Crippen molar-refractivity contribution in [2.24, 2.45) is 11.8 Å². The van der Waals surface area contributed by atoms with Crippen LogP contribution in [0.5, 0.6) is 0 Å². The molecule has 0 radical (unpaired) electrons. The standard InChI is InChI=1S/C14H31NO2S/c1-11(2)15-10-13(4)12(3)8-9-18(16,17)14(5,6)7/h11-13,15H,8-10H2,1-7H3. The van der Waals surface area contributed by atoms with Gasteiger partial charge in [0.25, 0.3) is 0 Å². The molecule has 0 amide bonds. The summed E-state index contributed by atoms with van der Waals surface area (Å²) in [6, 6.07) is 0.484. The maximum atomic E-state index is 12.0. The molecule has 4 heteroatoms. The second kappa shape index (κ2) is 6.90. The Balaban J connectivity index is 4.22. The van der Waals surface area contributed by atoms with Crippen molar-refractivity contribution in [1.82, 2.24) is 5.32 Å². The van der Waals surface area contributed by atoms with E-state index in [0.717, 1.165) is 13.0 Å². The molecule has 110 valence electrons. The average Bonchev–Trinajstić information content (AvgIpc) is 2.20. The van der Waals surface area contributed by atoms with Gasteiger partial charge in [0.2, 0.25) is 0 Å². The normalized spacial score (nSPS) is 16.9. The van der Waals surface area contributed by atoms with Crippen LogP contribution in [0.4, 0.5) is 0 Å². The SMILES string of the molecule is CC(C)NCC(C)C(C)CCS(=O)(=O)C(C)(C)C. The minimum absolute atomic E-state index is 0.295. The van der Waals surface area contributed by atoms with Gasteiger partial charge in [0.15, 0.2) is 9.84 Å². The van der Waals surface area contributed by atoms with Crippen LogP contribution in [-0.2, 0) is 9.84 Å². The summed E-state index contributed by atoms with van der Waals surface area (Å²) in [5, 5.41) is 3.40. The minimum Gasteiger partial charge on any atom is -0.314 e. The molecule has 2 unspecified atom stereocenters. The van der Waals surface area contributed by atoms with Crippen LogP contribution in [0, 0.1) is 11.8 Å². The van der Waals surface area contributed by atoms with Crippen molar-refractivity contribution in [2.75, 3.05) is 12.3 Å². The Kier molecular flexibility index (Phi) is 6.86. The fourth-order valence-corrected chi connectivity index (χ4v) is 2.85. The van der Waals surface area contributed by atoms with E-state index < -0.39 is 14.6 Å². The van der Waals surface area contributed by atoms with E-state index in [1.54, 1.807) is 20.8 Å². The molecule has 0 saturated heterocycles. The molecule has 0 rings (SSSR count). The second-order valence-electron chi connectivity index (χ2n) is 6.74. The summed E-state index contributed by atoms with van der Waals surface area (Å²) in [6.07, 6.45) is 0.751. The van der Waals surface area contributed by atoms with E-state index in [1.165, 1.54) is 0 Å². The molecule has 0 aromatic carbocycles. The smallest absolute Gasteiger partial charge is 0.155 e. The van der Waals surface area contributed by atoms with Crippen molar-refractivity contribution in [2.45, 2.75) is 65.7 Å². The third kappa shape index (κ3) is 6.19. The first-order valence-corrected chi connectivity index (χ1v) is 8.58. The molecule has 0 bridgehead atoms. The maximum absolute atomic E-state index is 12.0. The van der Waals surface area contributed by atoms with Gasteiger partial charge in [-0.1, -0.05) is 27.7 Å². The van der Waals surface area contributed by atoms with Gasteiger partial charge in [-0.2, -0.15) is 0 Å². The molecule has 2 atom stereocenters. The lowest BCUT2D eigenvalue weighted by atomic mass is 9.93. The minimum atomic E-state index is -2.98. The molecule has 3 nitrogen and oxygen atoms in total. The van der Waals surface area contributed by atoms with E-state index in [9.17, 15) is 8.42 Å². The summed E-state index contributed by atoms with van der Waals surface area (Å²) in [7, 11) is -2.98. The van der Waals surface area contributed by atoms with Crippen LogP contribution < -0.4 is 5.32 Å². The predicted molar refractivity (Wildman–Crippen MR) is 79.6 cm³/mol. The first-order chi connectivity index (χ1) is 7.97. The van der Waals surface area contributed by atoms with Gasteiger partial charge in [-0.3, -0.25) is 0 Å². The van der Waals surface area contributed by atoms with Crippen LogP contribution in [0.1, 0.15) is 54.9 Å². The van der Waals surface area contributed by atoms with Crippen LogP contribution in [0.15, 0.2) is 0 Å². The zero-order valence-corrected chi connectivity index (χ0v) is 13.9. The fourth-order valence-electron chi connectivity index (χ4n) is 1.55. The average molecular weight is 277 g/mol. The molecule has 18 heavy (non-hydrogen) atoms. The van der Waals surface area contributed by atoms with E-state index in [-0.39, 0.29) is 0 Å². The van der Waals surface area contributed by atoms with Crippen LogP contribution >= 0.6 is 0 Å². The van der Waals surface area contributed by atoms with Crippen LogP contribution in [0.3, 0.4) is 0 Å². The lowest BCUT2D eigenvalue weighted by Gasteiger charge is -2.24. The number of nitrogens with one attached hydrogen (secondary N) is 1. The van der Waals surface area contributed by atoms with Gasteiger partial charge < -0.3 is 5.32 Å². The first kappa shape index (κ1) is 17.9. The Bertz CT molecular complexity index is 328.